The molecule has 3 rings (SSSR count). The Hall–Kier alpha value is -2.47. The molecule has 1 saturated heterocycles. The van der Waals surface area contributed by atoms with Gasteiger partial charge in [-0.05, 0) is 42.5 Å². The van der Waals surface area contributed by atoms with Crippen LogP contribution in [-0.2, 0) is 4.79 Å². The Balaban J connectivity index is 1.59. The molecule has 0 saturated carbocycles. The number of nitrogens with one attached hydrogen (secondary N) is 1. The van der Waals surface area contributed by atoms with Crippen molar-refractivity contribution in [3.05, 3.63) is 64.7 Å². The fourth-order valence-electron chi connectivity index (χ4n) is 2.77. The molecule has 25 heavy (non-hydrogen) atoms. The van der Waals surface area contributed by atoms with Crippen molar-refractivity contribution in [2.24, 2.45) is 5.92 Å². The molecule has 0 unspecified atom stereocenters. The lowest BCUT2D eigenvalue weighted by molar-refractivity contribution is -0.117. The molecule has 1 atom stereocenters. The molecule has 1 aliphatic rings. The predicted octanol–water partition coefficient (Wildman–Crippen LogP) is 3.40. The Morgan fingerprint density at radius 3 is 2.56 bits per heavy atom. The number of halogens is 3. The summed E-state index contributed by atoms with van der Waals surface area (Å²) in [6.07, 6.45) is 0.306. The van der Waals surface area contributed by atoms with Crippen LogP contribution < -0.4 is 10.2 Å². The van der Waals surface area contributed by atoms with E-state index in [-0.39, 0.29) is 23.9 Å². The first-order valence-electron chi connectivity index (χ1n) is 7.73. The topological polar surface area (TPSA) is 49.4 Å². The van der Waals surface area contributed by atoms with Gasteiger partial charge in [0.05, 0.1) is 0 Å². The summed E-state index contributed by atoms with van der Waals surface area (Å²) in [6.45, 7) is 0.742. The van der Waals surface area contributed by atoms with Crippen LogP contribution in [0.25, 0.3) is 0 Å². The lowest BCUT2D eigenvalue weighted by atomic mass is 10.1. The highest BCUT2D eigenvalue weighted by Gasteiger charge is 2.30. The van der Waals surface area contributed by atoms with Crippen LogP contribution in [0.1, 0.15) is 16.8 Å². The Labute approximate surface area is 148 Å². The number of anilines is 1. The van der Waals surface area contributed by atoms with Crippen LogP contribution in [0, 0.1) is 17.6 Å². The lowest BCUT2D eigenvalue weighted by Gasteiger charge is -2.17. The molecule has 2 amide bonds. The number of rotatable bonds is 4. The molecule has 0 bridgehead atoms. The van der Waals surface area contributed by atoms with Crippen molar-refractivity contribution in [2.75, 3.05) is 18.0 Å². The molecule has 0 aliphatic carbocycles. The summed E-state index contributed by atoms with van der Waals surface area (Å²) in [7, 11) is 0. The van der Waals surface area contributed by atoms with Crippen LogP contribution in [0.2, 0.25) is 5.02 Å². The molecule has 2 aromatic carbocycles. The molecular weight excluding hydrogens is 350 g/mol. The van der Waals surface area contributed by atoms with Gasteiger partial charge in [0.25, 0.3) is 5.91 Å². The fraction of sp³-hybridized carbons (Fsp3) is 0.222. The van der Waals surface area contributed by atoms with Gasteiger partial charge in [-0.1, -0.05) is 11.6 Å². The summed E-state index contributed by atoms with van der Waals surface area (Å²) in [4.78, 5) is 25.8. The van der Waals surface area contributed by atoms with Crippen LogP contribution in [0.3, 0.4) is 0 Å². The average molecular weight is 365 g/mol. The zero-order valence-electron chi connectivity index (χ0n) is 13.1. The average Bonchev–Trinajstić information content (AvgIpc) is 2.96. The largest absolute Gasteiger partial charge is 0.352 e. The summed E-state index contributed by atoms with van der Waals surface area (Å²) in [5.74, 6) is -2.67. The zero-order valence-corrected chi connectivity index (χ0v) is 13.9. The van der Waals surface area contributed by atoms with Gasteiger partial charge in [-0.25, -0.2) is 8.78 Å². The van der Waals surface area contributed by atoms with Gasteiger partial charge in [0.1, 0.15) is 0 Å². The summed E-state index contributed by atoms with van der Waals surface area (Å²) >= 11 is 5.85. The van der Waals surface area contributed by atoms with E-state index < -0.39 is 17.5 Å². The van der Waals surface area contributed by atoms with Crippen LogP contribution in [0.15, 0.2) is 42.5 Å². The maximum atomic E-state index is 13.2. The van der Waals surface area contributed by atoms with E-state index in [4.69, 9.17) is 11.6 Å². The third-order valence-electron chi connectivity index (χ3n) is 4.08. The van der Waals surface area contributed by atoms with E-state index in [0.29, 0.717) is 18.0 Å². The van der Waals surface area contributed by atoms with E-state index in [1.165, 1.54) is 6.07 Å². The maximum absolute atomic E-state index is 13.2. The number of hydrogen-bond acceptors (Lipinski definition) is 2. The second-order valence-electron chi connectivity index (χ2n) is 5.89. The van der Waals surface area contributed by atoms with E-state index in [0.717, 1.165) is 17.8 Å². The van der Waals surface area contributed by atoms with Gasteiger partial charge in [-0.15, -0.1) is 0 Å². The molecule has 1 heterocycles. The molecular formula is C18H15ClF2N2O2. The Morgan fingerprint density at radius 1 is 1.16 bits per heavy atom. The Morgan fingerprint density at radius 2 is 1.88 bits per heavy atom. The quantitative estimate of drug-likeness (QED) is 0.904. The van der Waals surface area contributed by atoms with Crippen LogP contribution in [-0.4, -0.2) is 24.9 Å². The van der Waals surface area contributed by atoms with Gasteiger partial charge < -0.3 is 10.2 Å². The van der Waals surface area contributed by atoms with Crippen molar-refractivity contribution in [3.63, 3.8) is 0 Å². The van der Waals surface area contributed by atoms with Crippen molar-refractivity contribution in [2.45, 2.75) is 6.42 Å². The molecule has 0 spiro atoms. The Bertz CT molecular complexity index is 811. The van der Waals surface area contributed by atoms with Crippen LogP contribution in [0.4, 0.5) is 14.5 Å². The normalized spacial score (nSPS) is 17.0. The minimum Gasteiger partial charge on any atom is -0.352 e. The fourth-order valence-corrected chi connectivity index (χ4v) is 2.89. The number of benzene rings is 2. The second kappa shape index (κ2) is 7.19. The third-order valence-corrected chi connectivity index (χ3v) is 4.33. The Kier molecular flexibility index (Phi) is 4.99. The summed E-state index contributed by atoms with van der Waals surface area (Å²) < 4.78 is 26.1. The second-order valence-corrected chi connectivity index (χ2v) is 6.33. The van der Waals surface area contributed by atoms with Gasteiger partial charge >= 0.3 is 0 Å². The van der Waals surface area contributed by atoms with Crippen molar-refractivity contribution in [1.29, 1.82) is 0 Å². The van der Waals surface area contributed by atoms with Crippen LogP contribution in [0.5, 0.6) is 0 Å². The third kappa shape index (κ3) is 3.96. The first kappa shape index (κ1) is 17.4. The summed E-state index contributed by atoms with van der Waals surface area (Å²) in [5, 5.41) is 3.25. The van der Waals surface area contributed by atoms with Crippen molar-refractivity contribution in [3.8, 4) is 0 Å². The number of amides is 2. The van der Waals surface area contributed by atoms with Gasteiger partial charge in [-0.3, -0.25) is 9.59 Å². The minimum absolute atomic E-state index is 0.0330. The molecule has 4 nitrogen and oxygen atoms in total. The minimum atomic E-state index is -1.07. The SMILES string of the molecule is O=C(NC[C@@H]1CC(=O)N(c2ccc(Cl)cc2)C1)c1ccc(F)c(F)c1. The zero-order chi connectivity index (χ0) is 18.0. The van der Waals surface area contributed by atoms with Gasteiger partial charge in [0.2, 0.25) is 5.91 Å². The highest BCUT2D eigenvalue weighted by atomic mass is 35.5. The highest BCUT2D eigenvalue weighted by Crippen LogP contribution is 2.26. The van der Waals surface area contributed by atoms with Crippen molar-refractivity contribution in [1.82, 2.24) is 5.32 Å². The molecule has 0 radical (unpaired) electrons. The summed E-state index contributed by atoms with van der Waals surface area (Å²) in [5.41, 5.74) is 0.793. The smallest absolute Gasteiger partial charge is 0.251 e. The van der Waals surface area contributed by atoms with Gasteiger partial charge in [0.15, 0.2) is 11.6 Å². The summed E-state index contributed by atoms with van der Waals surface area (Å²) in [6, 6.07) is 9.93. The first-order chi connectivity index (χ1) is 11.9. The molecule has 1 N–H and O–H groups in total. The lowest BCUT2D eigenvalue weighted by Crippen LogP contribution is -2.31. The van der Waals surface area contributed by atoms with Crippen molar-refractivity contribution < 1.29 is 18.4 Å². The number of hydrogen-bond donors (Lipinski definition) is 1. The van der Waals surface area contributed by atoms with Crippen molar-refractivity contribution >= 4 is 29.1 Å². The maximum Gasteiger partial charge on any atom is 0.251 e. The van der Waals surface area contributed by atoms with E-state index in [9.17, 15) is 18.4 Å². The molecule has 1 aliphatic heterocycles. The number of carbonyl (C=O) groups excluding carboxylic acids is 2. The number of nitrogens with zero attached hydrogens (tertiary/aromatic N) is 1. The van der Waals surface area contributed by atoms with Gasteiger partial charge in [-0.2, -0.15) is 0 Å². The molecule has 0 aromatic heterocycles. The molecule has 130 valence electrons. The standard InChI is InChI=1S/C18H15ClF2N2O2/c19-13-2-4-14(5-3-13)23-10-11(7-17(23)24)9-22-18(25)12-1-6-15(20)16(21)8-12/h1-6,8,11H,7,9-10H2,(H,22,25)/t11-/m0/s1. The molecule has 1 fully saturated rings. The predicted molar refractivity (Wildman–Crippen MR) is 90.6 cm³/mol. The highest BCUT2D eigenvalue weighted by molar-refractivity contribution is 6.30. The monoisotopic (exact) mass is 364 g/mol. The van der Waals surface area contributed by atoms with E-state index in [1.54, 1.807) is 29.2 Å². The van der Waals surface area contributed by atoms with Crippen LogP contribution >= 0.6 is 11.6 Å². The van der Waals surface area contributed by atoms with E-state index in [1.807, 2.05) is 0 Å². The molecule has 2 aromatic rings. The van der Waals surface area contributed by atoms with Gasteiger partial charge in [0, 0.05) is 41.7 Å². The molecule has 7 heteroatoms. The van der Waals surface area contributed by atoms with E-state index >= 15 is 0 Å². The first-order valence-corrected chi connectivity index (χ1v) is 8.11. The number of carbonyl (C=O) groups is 2. The van der Waals surface area contributed by atoms with E-state index in [2.05, 4.69) is 5.32 Å².